The molecule has 8 heteroatoms. The first-order valence-electron chi connectivity index (χ1n) is 9.98. The molecule has 30 heavy (non-hydrogen) atoms. The summed E-state index contributed by atoms with van der Waals surface area (Å²) in [7, 11) is 1.38. The van der Waals surface area contributed by atoms with E-state index in [1.807, 2.05) is 30.3 Å². The summed E-state index contributed by atoms with van der Waals surface area (Å²) < 4.78 is 17.4. The first-order chi connectivity index (χ1) is 14.7. The second-order valence-corrected chi connectivity index (χ2v) is 8.06. The summed E-state index contributed by atoms with van der Waals surface area (Å²) in [5.74, 6) is 0.515. The maximum absolute atomic E-state index is 11.5. The number of hydrogen-bond donors (Lipinski definition) is 2. The first-order valence-corrected chi connectivity index (χ1v) is 10.8. The van der Waals surface area contributed by atoms with Gasteiger partial charge in [0.15, 0.2) is 5.13 Å². The molecule has 1 aliphatic heterocycles. The fourth-order valence-electron chi connectivity index (χ4n) is 3.24. The lowest BCUT2D eigenvalue weighted by Gasteiger charge is -2.23. The average molecular weight is 428 g/mol. The van der Waals surface area contributed by atoms with Crippen LogP contribution in [0.15, 0.2) is 42.5 Å². The standard InChI is InChI=1S/C22H25N3O4S/c1-27-21(26)16-4-2-15(3-5-16)13-24-22-25-19-7-6-17(12-20(19)30-22)28-10-8-18-14-23-9-11-29-18/h2-7,12,18,23H,8-11,13-14H2,1H3,(H,24,25). The highest BCUT2D eigenvalue weighted by Gasteiger charge is 2.13. The number of methoxy groups -OCH3 is 1. The maximum atomic E-state index is 11.5. The van der Waals surface area contributed by atoms with Crippen LogP contribution in [0, 0.1) is 0 Å². The number of hydrogen-bond acceptors (Lipinski definition) is 8. The molecule has 0 amide bonds. The highest BCUT2D eigenvalue weighted by Crippen LogP contribution is 2.29. The van der Waals surface area contributed by atoms with Gasteiger partial charge in [0.2, 0.25) is 0 Å². The average Bonchev–Trinajstić information content (AvgIpc) is 3.20. The Labute approximate surface area is 179 Å². The number of carbonyl (C=O) groups excluding carboxylic acids is 1. The molecule has 0 aliphatic carbocycles. The minimum absolute atomic E-state index is 0.225. The number of esters is 1. The van der Waals surface area contributed by atoms with Gasteiger partial charge in [-0.25, -0.2) is 9.78 Å². The molecule has 1 aromatic heterocycles. The molecule has 4 rings (SSSR count). The van der Waals surface area contributed by atoms with E-state index in [2.05, 4.69) is 15.6 Å². The molecule has 158 valence electrons. The molecular formula is C22H25N3O4S. The van der Waals surface area contributed by atoms with Gasteiger partial charge in [-0.05, 0) is 35.9 Å². The molecule has 0 bridgehead atoms. The molecule has 1 fully saturated rings. The third-order valence-electron chi connectivity index (χ3n) is 4.89. The van der Waals surface area contributed by atoms with Crippen molar-refractivity contribution in [2.45, 2.75) is 19.1 Å². The van der Waals surface area contributed by atoms with E-state index in [4.69, 9.17) is 14.2 Å². The molecule has 0 spiro atoms. The van der Waals surface area contributed by atoms with Gasteiger partial charge in [0, 0.05) is 26.1 Å². The van der Waals surface area contributed by atoms with Gasteiger partial charge in [-0.1, -0.05) is 23.5 Å². The van der Waals surface area contributed by atoms with E-state index in [1.165, 1.54) is 7.11 Å². The van der Waals surface area contributed by atoms with E-state index in [1.54, 1.807) is 23.5 Å². The zero-order chi connectivity index (χ0) is 20.8. The van der Waals surface area contributed by atoms with Crippen molar-refractivity contribution in [1.82, 2.24) is 10.3 Å². The van der Waals surface area contributed by atoms with Gasteiger partial charge in [-0.2, -0.15) is 0 Å². The van der Waals surface area contributed by atoms with Crippen molar-refractivity contribution in [3.05, 3.63) is 53.6 Å². The van der Waals surface area contributed by atoms with E-state index in [-0.39, 0.29) is 12.1 Å². The lowest BCUT2D eigenvalue weighted by molar-refractivity contribution is 0.0159. The largest absolute Gasteiger partial charge is 0.493 e. The number of ether oxygens (including phenoxy) is 3. The second-order valence-electron chi connectivity index (χ2n) is 7.02. The number of nitrogens with one attached hydrogen (secondary N) is 2. The van der Waals surface area contributed by atoms with E-state index >= 15 is 0 Å². The Morgan fingerprint density at radius 2 is 2.17 bits per heavy atom. The Morgan fingerprint density at radius 1 is 1.30 bits per heavy atom. The monoisotopic (exact) mass is 427 g/mol. The van der Waals surface area contributed by atoms with Crippen LogP contribution in [0.25, 0.3) is 10.2 Å². The summed E-state index contributed by atoms with van der Waals surface area (Å²) >= 11 is 1.59. The minimum atomic E-state index is -0.332. The van der Waals surface area contributed by atoms with Crippen LogP contribution in [0.3, 0.4) is 0 Å². The Hall–Kier alpha value is -2.68. The molecule has 2 heterocycles. The van der Waals surface area contributed by atoms with Gasteiger partial charge in [-0.3, -0.25) is 0 Å². The molecule has 1 unspecified atom stereocenters. The molecule has 7 nitrogen and oxygen atoms in total. The molecule has 0 saturated carbocycles. The van der Waals surface area contributed by atoms with Crippen LogP contribution in [0.2, 0.25) is 0 Å². The van der Waals surface area contributed by atoms with Crippen LogP contribution in [0.5, 0.6) is 5.75 Å². The third-order valence-corrected chi connectivity index (χ3v) is 5.87. The number of thiazole rings is 1. The Bertz CT molecular complexity index is 984. The van der Waals surface area contributed by atoms with Gasteiger partial charge in [0.25, 0.3) is 0 Å². The van der Waals surface area contributed by atoms with Gasteiger partial charge in [-0.15, -0.1) is 0 Å². The van der Waals surface area contributed by atoms with Crippen LogP contribution >= 0.6 is 11.3 Å². The van der Waals surface area contributed by atoms with Crippen molar-refractivity contribution in [3.8, 4) is 5.75 Å². The Kier molecular flexibility index (Phi) is 6.78. The summed E-state index contributed by atoms with van der Waals surface area (Å²) in [6.07, 6.45) is 1.10. The number of rotatable bonds is 8. The van der Waals surface area contributed by atoms with Gasteiger partial charge in [0.05, 0.1) is 42.2 Å². The molecule has 1 aliphatic rings. The van der Waals surface area contributed by atoms with E-state index in [0.29, 0.717) is 18.7 Å². The normalized spacial score (nSPS) is 16.4. The summed E-state index contributed by atoms with van der Waals surface area (Å²) in [6, 6.07) is 13.3. The highest BCUT2D eigenvalue weighted by molar-refractivity contribution is 7.22. The number of nitrogens with zero attached hydrogens (tertiary/aromatic N) is 1. The quantitative estimate of drug-likeness (QED) is 0.533. The Morgan fingerprint density at radius 3 is 2.93 bits per heavy atom. The zero-order valence-corrected chi connectivity index (χ0v) is 17.7. The fraction of sp³-hybridized carbons (Fsp3) is 0.364. The van der Waals surface area contributed by atoms with Crippen molar-refractivity contribution in [2.24, 2.45) is 0 Å². The van der Waals surface area contributed by atoms with Crippen LogP contribution < -0.4 is 15.4 Å². The van der Waals surface area contributed by atoms with Crippen LogP contribution in [-0.2, 0) is 16.0 Å². The smallest absolute Gasteiger partial charge is 0.337 e. The van der Waals surface area contributed by atoms with Gasteiger partial charge < -0.3 is 24.8 Å². The summed E-state index contributed by atoms with van der Waals surface area (Å²) in [5, 5.41) is 7.52. The maximum Gasteiger partial charge on any atom is 0.337 e. The predicted molar refractivity (Wildman–Crippen MR) is 117 cm³/mol. The van der Waals surface area contributed by atoms with Crippen molar-refractivity contribution >= 4 is 32.7 Å². The molecule has 3 aromatic rings. The second kappa shape index (κ2) is 9.88. The minimum Gasteiger partial charge on any atom is -0.493 e. The molecule has 0 radical (unpaired) electrons. The predicted octanol–water partition coefficient (Wildman–Crippen LogP) is 3.45. The number of morpholine rings is 1. The van der Waals surface area contributed by atoms with Gasteiger partial charge in [0.1, 0.15) is 5.75 Å². The van der Waals surface area contributed by atoms with Crippen LogP contribution in [-0.4, -0.2) is 50.5 Å². The van der Waals surface area contributed by atoms with Crippen molar-refractivity contribution in [2.75, 3.05) is 38.7 Å². The SMILES string of the molecule is COC(=O)c1ccc(CNc2nc3ccc(OCCC4CNCCO4)cc3s2)cc1. The number of aromatic nitrogens is 1. The topological polar surface area (TPSA) is 81.7 Å². The lowest BCUT2D eigenvalue weighted by Crippen LogP contribution is -2.39. The number of anilines is 1. The third kappa shape index (κ3) is 5.27. The van der Waals surface area contributed by atoms with Crippen molar-refractivity contribution in [3.63, 3.8) is 0 Å². The lowest BCUT2D eigenvalue weighted by atomic mass is 10.1. The Balaban J connectivity index is 1.31. The van der Waals surface area contributed by atoms with E-state index in [9.17, 15) is 4.79 Å². The summed E-state index contributed by atoms with van der Waals surface area (Å²) in [5.41, 5.74) is 2.54. The van der Waals surface area contributed by atoms with Crippen molar-refractivity contribution < 1.29 is 19.0 Å². The molecule has 1 saturated heterocycles. The molecular weight excluding hydrogens is 402 g/mol. The zero-order valence-electron chi connectivity index (χ0n) is 16.8. The number of benzene rings is 2. The van der Waals surface area contributed by atoms with Crippen molar-refractivity contribution in [1.29, 1.82) is 0 Å². The summed E-state index contributed by atoms with van der Waals surface area (Å²) in [4.78, 5) is 16.1. The summed E-state index contributed by atoms with van der Waals surface area (Å²) in [6.45, 7) is 3.83. The fourth-order valence-corrected chi connectivity index (χ4v) is 4.13. The van der Waals surface area contributed by atoms with E-state index < -0.39 is 0 Å². The van der Waals surface area contributed by atoms with E-state index in [0.717, 1.165) is 52.8 Å². The van der Waals surface area contributed by atoms with Gasteiger partial charge >= 0.3 is 5.97 Å². The number of fused-ring (bicyclic) bond motifs is 1. The van der Waals surface area contributed by atoms with Crippen LogP contribution in [0.1, 0.15) is 22.3 Å². The molecule has 1 atom stereocenters. The van der Waals surface area contributed by atoms with Crippen LogP contribution in [0.4, 0.5) is 5.13 Å². The number of carbonyl (C=O) groups is 1. The first kappa shape index (κ1) is 20.6. The highest BCUT2D eigenvalue weighted by atomic mass is 32.1. The molecule has 2 N–H and O–H groups in total. The molecule has 2 aromatic carbocycles.